The molecule has 72 valence electrons. The van der Waals surface area contributed by atoms with Gasteiger partial charge in [0.15, 0.2) is 0 Å². The van der Waals surface area contributed by atoms with Crippen molar-refractivity contribution in [1.29, 1.82) is 0 Å². The Morgan fingerprint density at radius 2 is 2.69 bits per heavy atom. The second-order valence-corrected chi connectivity index (χ2v) is 3.43. The maximum absolute atomic E-state index is 5.55. The monoisotopic (exact) mass is 181 g/mol. The normalized spacial score (nSPS) is 22.1. The molecule has 0 bridgehead atoms. The molecule has 0 saturated carbocycles. The molecule has 1 saturated heterocycles. The van der Waals surface area contributed by atoms with Gasteiger partial charge in [0.2, 0.25) is 0 Å². The first kappa shape index (κ1) is 8.56. The van der Waals surface area contributed by atoms with Crippen LogP contribution in [0, 0.1) is 0 Å². The molecule has 0 spiro atoms. The Morgan fingerprint density at radius 1 is 1.77 bits per heavy atom. The second-order valence-electron chi connectivity index (χ2n) is 3.43. The van der Waals surface area contributed by atoms with Crippen molar-refractivity contribution in [3.8, 4) is 6.01 Å². The number of ether oxygens (including phenoxy) is 1. The van der Waals surface area contributed by atoms with Gasteiger partial charge < -0.3 is 14.6 Å². The number of aryl methyl sites for hydroxylation is 1. The van der Waals surface area contributed by atoms with E-state index in [0.717, 1.165) is 13.2 Å². The predicted octanol–water partition coefficient (Wildman–Crippen LogP) is 0.551. The first-order valence-corrected chi connectivity index (χ1v) is 4.70. The lowest BCUT2D eigenvalue weighted by Gasteiger charge is -2.10. The Morgan fingerprint density at radius 3 is 3.31 bits per heavy atom. The minimum atomic E-state index is 0.511. The summed E-state index contributed by atoms with van der Waals surface area (Å²) < 4.78 is 7.43. The smallest absolute Gasteiger partial charge is 0.295 e. The molecule has 4 nitrogen and oxygen atoms in total. The third-order valence-electron chi connectivity index (χ3n) is 2.35. The number of nitrogens with one attached hydrogen (secondary N) is 1. The van der Waals surface area contributed by atoms with E-state index in [2.05, 4.69) is 10.3 Å². The molecule has 1 aromatic rings. The number of imidazole rings is 1. The topological polar surface area (TPSA) is 39.1 Å². The summed E-state index contributed by atoms with van der Waals surface area (Å²) in [7, 11) is 1.93. The van der Waals surface area contributed by atoms with Crippen molar-refractivity contribution >= 4 is 0 Å². The summed E-state index contributed by atoms with van der Waals surface area (Å²) in [6.07, 6.45) is 6.10. The van der Waals surface area contributed by atoms with Gasteiger partial charge >= 0.3 is 0 Å². The lowest BCUT2D eigenvalue weighted by Crippen LogP contribution is -2.28. The van der Waals surface area contributed by atoms with Crippen molar-refractivity contribution in [3.63, 3.8) is 0 Å². The molecule has 0 aliphatic carbocycles. The third kappa shape index (κ3) is 2.01. The highest BCUT2D eigenvalue weighted by atomic mass is 16.5. The molecule has 1 N–H and O–H groups in total. The molecule has 2 rings (SSSR count). The number of hydrogen-bond acceptors (Lipinski definition) is 3. The predicted molar refractivity (Wildman–Crippen MR) is 49.7 cm³/mol. The fourth-order valence-electron chi connectivity index (χ4n) is 1.57. The average Bonchev–Trinajstić information content (AvgIpc) is 2.72. The van der Waals surface area contributed by atoms with Crippen LogP contribution >= 0.6 is 0 Å². The van der Waals surface area contributed by atoms with Crippen LogP contribution in [0.2, 0.25) is 0 Å². The Hall–Kier alpha value is -1.03. The fourth-order valence-corrected chi connectivity index (χ4v) is 1.57. The van der Waals surface area contributed by atoms with E-state index in [9.17, 15) is 0 Å². The maximum atomic E-state index is 5.55. The summed E-state index contributed by atoms with van der Waals surface area (Å²) in [6, 6.07) is 1.21. The van der Waals surface area contributed by atoms with Crippen molar-refractivity contribution in [2.45, 2.75) is 18.9 Å². The summed E-state index contributed by atoms with van der Waals surface area (Å²) in [5.41, 5.74) is 0. The van der Waals surface area contributed by atoms with Crippen molar-refractivity contribution in [3.05, 3.63) is 12.4 Å². The number of nitrogens with zero attached hydrogens (tertiary/aromatic N) is 2. The van der Waals surface area contributed by atoms with E-state index >= 15 is 0 Å². The standard InChI is InChI=1S/C9H15N3O/c1-12-6-5-11-9(12)13-7-8-3-2-4-10-8/h5-6,8,10H,2-4,7H2,1H3. The van der Waals surface area contributed by atoms with E-state index in [1.165, 1.54) is 12.8 Å². The molecule has 1 fully saturated rings. The van der Waals surface area contributed by atoms with E-state index in [0.29, 0.717) is 12.1 Å². The summed E-state index contributed by atoms with van der Waals surface area (Å²) in [5.74, 6) is 0. The molecule has 2 heterocycles. The molecule has 0 aromatic carbocycles. The third-order valence-corrected chi connectivity index (χ3v) is 2.35. The number of rotatable bonds is 3. The highest BCUT2D eigenvalue weighted by Crippen LogP contribution is 2.08. The van der Waals surface area contributed by atoms with Gasteiger partial charge in [-0.05, 0) is 19.4 Å². The highest BCUT2D eigenvalue weighted by Gasteiger charge is 2.14. The quantitative estimate of drug-likeness (QED) is 0.740. The van der Waals surface area contributed by atoms with Crippen LogP contribution in [0.5, 0.6) is 6.01 Å². The van der Waals surface area contributed by atoms with Gasteiger partial charge in [-0.2, -0.15) is 0 Å². The molecule has 13 heavy (non-hydrogen) atoms. The van der Waals surface area contributed by atoms with Crippen LogP contribution < -0.4 is 10.1 Å². The molecule has 1 aromatic heterocycles. The first-order valence-electron chi connectivity index (χ1n) is 4.70. The first-order chi connectivity index (χ1) is 6.36. The molecule has 1 aliphatic heterocycles. The van der Waals surface area contributed by atoms with Crippen molar-refractivity contribution in [2.24, 2.45) is 7.05 Å². The van der Waals surface area contributed by atoms with Crippen LogP contribution in [0.4, 0.5) is 0 Å². The Labute approximate surface area is 77.9 Å². The van der Waals surface area contributed by atoms with Crippen LogP contribution in [0.3, 0.4) is 0 Å². The molecule has 1 atom stereocenters. The lowest BCUT2D eigenvalue weighted by molar-refractivity contribution is 0.250. The molecule has 1 aliphatic rings. The van der Waals surface area contributed by atoms with Crippen LogP contribution in [0.25, 0.3) is 0 Å². The molecule has 0 amide bonds. The van der Waals surface area contributed by atoms with E-state index < -0.39 is 0 Å². The SMILES string of the molecule is Cn1ccnc1OCC1CCCN1. The van der Waals surface area contributed by atoms with E-state index in [1.807, 2.05) is 17.8 Å². The van der Waals surface area contributed by atoms with E-state index in [1.54, 1.807) is 6.20 Å². The van der Waals surface area contributed by atoms with Crippen molar-refractivity contribution in [2.75, 3.05) is 13.2 Å². The maximum Gasteiger partial charge on any atom is 0.295 e. The van der Waals surface area contributed by atoms with Crippen LogP contribution in [-0.2, 0) is 7.05 Å². The molecule has 0 radical (unpaired) electrons. The molecular formula is C9H15N3O. The Balaban J connectivity index is 1.82. The average molecular weight is 181 g/mol. The minimum Gasteiger partial charge on any atom is -0.463 e. The van der Waals surface area contributed by atoms with Crippen molar-refractivity contribution in [1.82, 2.24) is 14.9 Å². The minimum absolute atomic E-state index is 0.511. The van der Waals surface area contributed by atoms with Gasteiger partial charge in [0.1, 0.15) is 6.61 Å². The summed E-state index contributed by atoms with van der Waals surface area (Å²) in [5, 5.41) is 3.38. The van der Waals surface area contributed by atoms with Crippen molar-refractivity contribution < 1.29 is 4.74 Å². The van der Waals surface area contributed by atoms with E-state index in [4.69, 9.17) is 4.74 Å². The molecule has 1 unspecified atom stereocenters. The Kier molecular flexibility index (Phi) is 2.49. The zero-order chi connectivity index (χ0) is 9.10. The van der Waals surface area contributed by atoms with Gasteiger partial charge in [-0.3, -0.25) is 0 Å². The van der Waals surface area contributed by atoms with E-state index in [-0.39, 0.29) is 0 Å². The molecule has 4 heteroatoms. The summed E-state index contributed by atoms with van der Waals surface area (Å²) in [4.78, 5) is 4.09. The lowest BCUT2D eigenvalue weighted by atomic mass is 10.2. The van der Waals surface area contributed by atoms with Crippen LogP contribution in [0.1, 0.15) is 12.8 Å². The largest absolute Gasteiger partial charge is 0.463 e. The van der Waals surface area contributed by atoms with Gasteiger partial charge in [-0.1, -0.05) is 0 Å². The highest BCUT2D eigenvalue weighted by molar-refractivity contribution is 4.97. The summed E-state index contributed by atoms with van der Waals surface area (Å²) in [6.45, 7) is 1.85. The zero-order valence-corrected chi connectivity index (χ0v) is 7.86. The van der Waals surface area contributed by atoms with Crippen LogP contribution in [-0.4, -0.2) is 28.7 Å². The van der Waals surface area contributed by atoms with Gasteiger partial charge in [-0.25, -0.2) is 4.98 Å². The van der Waals surface area contributed by atoms with Gasteiger partial charge in [0, 0.05) is 25.5 Å². The fraction of sp³-hybridized carbons (Fsp3) is 0.667. The number of hydrogen-bond donors (Lipinski definition) is 1. The van der Waals surface area contributed by atoms with Gasteiger partial charge in [-0.15, -0.1) is 0 Å². The number of aromatic nitrogens is 2. The summed E-state index contributed by atoms with van der Waals surface area (Å²) >= 11 is 0. The molecular weight excluding hydrogens is 166 g/mol. The second kappa shape index (κ2) is 3.79. The Bertz CT molecular complexity index is 266. The van der Waals surface area contributed by atoms with Gasteiger partial charge in [0.05, 0.1) is 0 Å². The van der Waals surface area contributed by atoms with Gasteiger partial charge in [0.25, 0.3) is 6.01 Å². The zero-order valence-electron chi connectivity index (χ0n) is 7.86. The van der Waals surface area contributed by atoms with Crippen LogP contribution in [0.15, 0.2) is 12.4 Å².